The van der Waals surface area contributed by atoms with Crippen LogP contribution >= 0.6 is 0 Å². The molecule has 0 amide bonds. The predicted octanol–water partition coefficient (Wildman–Crippen LogP) is 3.08. The number of hydrogen-bond acceptors (Lipinski definition) is 3. The Hall–Kier alpha value is -0.590. The summed E-state index contributed by atoms with van der Waals surface area (Å²) in [7, 11) is 0. The molecule has 3 rings (SSSR count). The first-order valence-corrected chi connectivity index (χ1v) is 8.58. The fraction of sp³-hybridized carbons (Fsp3) is 0.941. The Morgan fingerprint density at radius 3 is 2.40 bits per heavy atom. The summed E-state index contributed by atoms with van der Waals surface area (Å²) in [6.45, 7) is 2.27. The second-order valence-corrected chi connectivity index (χ2v) is 7.23. The molecule has 20 heavy (non-hydrogen) atoms. The van der Waals surface area contributed by atoms with E-state index in [0.717, 1.165) is 25.2 Å². The van der Waals surface area contributed by atoms with Crippen molar-refractivity contribution in [2.24, 2.45) is 11.8 Å². The van der Waals surface area contributed by atoms with E-state index in [0.29, 0.717) is 18.1 Å². The number of hydrogen-bond donors (Lipinski definition) is 1. The van der Waals surface area contributed by atoms with E-state index < -0.39 is 0 Å². The number of aliphatic hydroxyl groups excluding tert-OH is 1. The Morgan fingerprint density at radius 2 is 1.80 bits per heavy atom. The van der Waals surface area contributed by atoms with Crippen molar-refractivity contribution in [3.8, 4) is 6.07 Å². The van der Waals surface area contributed by atoms with Crippen molar-refractivity contribution >= 4 is 0 Å². The van der Waals surface area contributed by atoms with Crippen LogP contribution in [0.4, 0.5) is 0 Å². The lowest BCUT2D eigenvalue weighted by molar-refractivity contribution is -0.0171. The average molecular weight is 276 g/mol. The molecule has 5 atom stereocenters. The highest BCUT2D eigenvalue weighted by atomic mass is 16.3. The SMILES string of the molecule is CCCC1CCC(C#N)C(N2C3CCC2CC(O)C3)C1. The molecule has 2 aliphatic heterocycles. The normalized spacial score (nSPS) is 45.2. The average Bonchev–Trinajstić information content (AvgIpc) is 2.71. The molecule has 0 radical (unpaired) electrons. The number of aliphatic hydroxyl groups is 1. The molecule has 0 aromatic carbocycles. The summed E-state index contributed by atoms with van der Waals surface area (Å²) in [5.41, 5.74) is 0. The van der Waals surface area contributed by atoms with Gasteiger partial charge in [-0.25, -0.2) is 0 Å². The summed E-state index contributed by atoms with van der Waals surface area (Å²) in [6, 6.07) is 4.15. The van der Waals surface area contributed by atoms with E-state index in [2.05, 4.69) is 17.9 Å². The first kappa shape index (κ1) is 14.4. The van der Waals surface area contributed by atoms with Crippen LogP contribution in [0.2, 0.25) is 0 Å². The molecule has 112 valence electrons. The Kier molecular flexibility index (Phi) is 4.33. The molecule has 5 unspecified atom stereocenters. The van der Waals surface area contributed by atoms with Gasteiger partial charge in [-0.05, 0) is 50.9 Å². The maximum Gasteiger partial charge on any atom is 0.0672 e. The molecule has 3 fully saturated rings. The number of nitrogens with zero attached hydrogens (tertiary/aromatic N) is 2. The molecule has 0 aromatic heterocycles. The van der Waals surface area contributed by atoms with Gasteiger partial charge in [-0.3, -0.25) is 4.90 Å². The molecule has 2 bridgehead atoms. The Balaban J connectivity index is 1.74. The monoisotopic (exact) mass is 276 g/mol. The van der Waals surface area contributed by atoms with Crippen LogP contribution in [0.1, 0.15) is 64.7 Å². The third kappa shape index (κ3) is 2.61. The first-order valence-electron chi connectivity index (χ1n) is 8.58. The molecule has 2 saturated heterocycles. The number of nitriles is 1. The molecule has 3 heteroatoms. The molecule has 0 spiro atoms. The van der Waals surface area contributed by atoms with Gasteiger partial charge in [0, 0.05) is 18.1 Å². The lowest BCUT2D eigenvalue weighted by Gasteiger charge is -2.47. The highest BCUT2D eigenvalue weighted by molar-refractivity contribution is 5.05. The van der Waals surface area contributed by atoms with Crippen molar-refractivity contribution in [2.45, 2.75) is 88.9 Å². The highest BCUT2D eigenvalue weighted by Crippen LogP contribution is 2.43. The Labute approximate surface area is 123 Å². The van der Waals surface area contributed by atoms with Crippen molar-refractivity contribution < 1.29 is 5.11 Å². The predicted molar refractivity (Wildman–Crippen MR) is 79.0 cm³/mol. The molecule has 1 N–H and O–H groups in total. The summed E-state index contributed by atoms with van der Waals surface area (Å²) in [6.07, 6.45) is 10.4. The number of fused-ring (bicyclic) bond motifs is 2. The van der Waals surface area contributed by atoms with E-state index in [-0.39, 0.29) is 12.0 Å². The minimum atomic E-state index is -0.0979. The fourth-order valence-electron chi connectivity index (χ4n) is 5.11. The van der Waals surface area contributed by atoms with E-state index in [1.54, 1.807) is 0 Å². The van der Waals surface area contributed by atoms with E-state index in [9.17, 15) is 10.4 Å². The number of piperidine rings is 1. The van der Waals surface area contributed by atoms with E-state index in [1.165, 1.54) is 38.5 Å². The first-order chi connectivity index (χ1) is 9.72. The molecule has 3 aliphatic rings. The Bertz CT molecular complexity index is 364. The Morgan fingerprint density at radius 1 is 1.10 bits per heavy atom. The zero-order valence-corrected chi connectivity index (χ0v) is 12.7. The molecule has 1 saturated carbocycles. The van der Waals surface area contributed by atoms with Crippen LogP contribution in [0, 0.1) is 23.2 Å². The van der Waals surface area contributed by atoms with E-state index >= 15 is 0 Å². The molecule has 2 heterocycles. The van der Waals surface area contributed by atoms with Gasteiger partial charge in [0.1, 0.15) is 0 Å². The highest BCUT2D eigenvalue weighted by Gasteiger charge is 2.46. The maximum atomic E-state index is 9.97. The molecule has 0 aromatic rings. The lowest BCUT2D eigenvalue weighted by atomic mass is 9.75. The van der Waals surface area contributed by atoms with Crippen molar-refractivity contribution in [1.29, 1.82) is 5.26 Å². The van der Waals surface area contributed by atoms with Crippen LogP contribution < -0.4 is 0 Å². The second kappa shape index (κ2) is 6.03. The van der Waals surface area contributed by atoms with Gasteiger partial charge in [-0.15, -0.1) is 0 Å². The summed E-state index contributed by atoms with van der Waals surface area (Å²) in [4.78, 5) is 2.67. The quantitative estimate of drug-likeness (QED) is 0.861. The van der Waals surface area contributed by atoms with Gasteiger partial charge in [-0.2, -0.15) is 5.26 Å². The smallest absolute Gasteiger partial charge is 0.0672 e. The molecule has 3 nitrogen and oxygen atoms in total. The summed E-state index contributed by atoms with van der Waals surface area (Å²) in [5.74, 6) is 1.04. The summed E-state index contributed by atoms with van der Waals surface area (Å²) < 4.78 is 0. The van der Waals surface area contributed by atoms with Crippen molar-refractivity contribution in [2.75, 3.05) is 0 Å². The third-order valence-electron chi connectivity index (χ3n) is 5.94. The van der Waals surface area contributed by atoms with Gasteiger partial charge < -0.3 is 5.11 Å². The molecular weight excluding hydrogens is 248 g/mol. The zero-order chi connectivity index (χ0) is 14.1. The van der Waals surface area contributed by atoms with Crippen LogP contribution in [0.25, 0.3) is 0 Å². The van der Waals surface area contributed by atoms with E-state index in [1.807, 2.05) is 0 Å². The largest absolute Gasteiger partial charge is 0.393 e. The van der Waals surface area contributed by atoms with Crippen molar-refractivity contribution in [3.05, 3.63) is 0 Å². The van der Waals surface area contributed by atoms with Gasteiger partial charge in [0.25, 0.3) is 0 Å². The standard InChI is InChI=1S/C17H28N2O/c1-2-3-12-4-5-13(11-18)17(8-12)19-14-6-7-15(19)10-16(20)9-14/h12-17,20H,2-10H2,1H3. The van der Waals surface area contributed by atoms with Crippen molar-refractivity contribution in [3.63, 3.8) is 0 Å². The van der Waals surface area contributed by atoms with Crippen LogP contribution in [0.5, 0.6) is 0 Å². The zero-order valence-electron chi connectivity index (χ0n) is 12.7. The third-order valence-corrected chi connectivity index (χ3v) is 5.94. The second-order valence-electron chi connectivity index (χ2n) is 7.23. The maximum absolute atomic E-state index is 9.97. The van der Waals surface area contributed by atoms with Crippen molar-refractivity contribution in [1.82, 2.24) is 4.90 Å². The van der Waals surface area contributed by atoms with E-state index in [4.69, 9.17) is 0 Å². The van der Waals surface area contributed by atoms with Gasteiger partial charge in [0.2, 0.25) is 0 Å². The number of rotatable bonds is 3. The van der Waals surface area contributed by atoms with Gasteiger partial charge in [0.05, 0.1) is 18.1 Å². The van der Waals surface area contributed by atoms with Gasteiger partial charge >= 0.3 is 0 Å². The van der Waals surface area contributed by atoms with Gasteiger partial charge in [0.15, 0.2) is 0 Å². The summed E-state index contributed by atoms with van der Waals surface area (Å²) >= 11 is 0. The van der Waals surface area contributed by atoms with Crippen LogP contribution in [0.3, 0.4) is 0 Å². The van der Waals surface area contributed by atoms with Gasteiger partial charge in [-0.1, -0.05) is 19.8 Å². The topological polar surface area (TPSA) is 47.3 Å². The minimum absolute atomic E-state index is 0.0979. The van der Waals surface area contributed by atoms with Crippen LogP contribution in [-0.4, -0.2) is 34.2 Å². The van der Waals surface area contributed by atoms with Crippen LogP contribution in [-0.2, 0) is 0 Å². The molecular formula is C17H28N2O. The molecule has 1 aliphatic carbocycles. The fourth-order valence-corrected chi connectivity index (χ4v) is 5.11. The van der Waals surface area contributed by atoms with Crippen LogP contribution in [0.15, 0.2) is 0 Å². The minimum Gasteiger partial charge on any atom is -0.393 e. The lowest BCUT2D eigenvalue weighted by Crippen LogP contribution is -2.54. The summed E-state index contributed by atoms with van der Waals surface area (Å²) in [5, 5.41) is 19.5.